The molecule has 0 amide bonds. The third-order valence-electron chi connectivity index (χ3n) is 4.31. The van der Waals surface area contributed by atoms with Crippen LogP contribution in [0.4, 0.5) is 0 Å². The average Bonchev–Trinajstić information content (AvgIpc) is 3.21. The van der Waals surface area contributed by atoms with Crippen LogP contribution in [0.15, 0.2) is 53.4 Å². The number of hydrogen-bond donors (Lipinski definition) is 1. The van der Waals surface area contributed by atoms with Crippen molar-refractivity contribution in [2.75, 3.05) is 7.11 Å². The molecule has 0 saturated carbocycles. The lowest BCUT2D eigenvalue weighted by atomic mass is 10.0. The van der Waals surface area contributed by atoms with Crippen LogP contribution in [-0.2, 0) is 15.6 Å². The predicted octanol–water partition coefficient (Wildman–Crippen LogP) is 3.84. The summed E-state index contributed by atoms with van der Waals surface area (Å²) in [5.41, 5.74) is 1.05. The van der Waals surface area contributed by atoms with Crippen molar-refractivity contribution in [3.63, 3.8) is 0 Å². The molecule has 0 saturated heterocycles. The Morgan fingerprint density at radius 2 is 1.87 bits per heavy atom. The van der Waals surface area contributed by atoms with Crippen LogP contribution in [0.5, 0.6) is 5.75 Å². The fourth-order valence-corrected chi connectivity index (χ4v) is 5.33. The van der Waals surface area contributed by atoms with E-state index in [0.717, 1.165) is 6.07 Å². The number of carboxylic acids is 1. The molecule has 0 aliphatic heterocycles. The minimum Gasteiger partial charge on any atom is -0.495 e. The smallest absolute Gasteiger partial charge is 0.335 e. The maximum Gasteiger partial charge on any atom is 0.335 e. The molecule has 0 aliphatic rings. The fraction of sp³-hybridized carbons (Fsp3) is 0.0952. The summed E-state index contributed by atoms with van der Waals surface area (Å²) in [6.45, 7) is 0. The van der Waals surface area contributed by atoms with Gasteiger partial charge in [-0.15, -0.1) is 11.3 Å². The van der Waals surface area contributed by atoms with E-state index in [4.69, 9.17) is 10.00 Å². The number of aromatic carboxylic acids is 1. The summed E-state index contributed by atoms with van der Waals surface area (Å²) in [5, 5.41) is 27.5. The molecule has 1 aromatic heterocycles. The van der Waals surface area contributed by atoms with Gasteiger partial charge in [0.1, 0.15) is 21.6 Å². The van der Waals surface area contributed by atoms with Gasteiger partial charge in [0, 0.05) is 4.88 Å². The topological polar surface area (TPSA) is 128 Å². The van der Waals surface area contributed by atoms with Crippen molar-refractivity contribution < 1.29 is 23.1 Å². The molecule has 0 fully saturated rings. The van der Waals surface area contributed by atoms with Crippen molar-refractivity contribution in [2.24, 2.45) is 0 Å². The number of hydrogen-bond acceptors (Lipinski definition) is 7. The Kier molecular flexibility index (Phi) is 5.88. The lowest BCUT2D eigenvalue weighted by molar-refractivity contribution is 0.0696. The second-order valence-corrected chi connectivity index (χ2v) is 9.23. The molecule has 1 N–H and O–H groups in total. The summed E-state index contributed by atoms with van der Waals surface area (Å²) in [4.78, 5) is 12.2. The van der Waals surface area contributed by atoms with E-state index in [1.807, 2.05) is 12.1 Å². The van der Waals surface area contributed by atoms with E-state index in [1.165, 1.54) is 36.6 Å². The SMILES string of the molecule is COc1ccc(C(=O)O)cc1S(=O)(=O)Cc1cc(C#N)ccc1-c1ccc(C#N)s1. The summed E-state index contributed by atoms with van der Waals surface area (Å²) >= 11 is 1.21. The van der Waals surface area contributed by atoms with Gasteiger partial charge in [0.25, 0.3) is 0 Å². The maximum absolute atomic E-state index is 13.2. The van der Waals surface area contributed by atoms with E-state index >= 15 is 0 Å². The summed E-state index contributed by atoms with van der Waals surface area (Å²) in [7, 11) is -2.73. The molecule has 0 aliphatic carbocycles. The van der Waals surface area contributed by atoms with Crippen LogP contribution in [0.3, 0.4) is 0 Å². The highest BCUT2D eigenvalue weighted by molar-refractivity contribution is 7.90. The molecule has 3 aromatic rings. The third kappa shape index (κ3) is 4.18. The zero-order valence-corrected chi connectivity index (χ0v) is 17.3. The normalized spacial score (nSPS) is 10.8. The van der Waals surface area contributed by atoms with Gasteiger partial charge in [-0.1, -0.05) is 6.07 Å². The van der Waals surface area contributed by atoms with E-state index in [0.29, 0.717) is 20.9 Å². The number of carboxylic acid groups (broad SMARTS) is 1. The monoisotopic (exact) mass is 438 g/mol. The van der Waals surface area contributed by atoms with Crippen molar-refractivity contribution in [2.45, 2.75) is 10.6 Å². The van der Waals surface area contributed by atoms with Gasteiger partial charge in [0.15, 0.2) is 9.84 Å². The fourth-order valence-electron chi connectivity index (χ4n) is 2.90. The lowest BCUT2D eigenvalue weighted by Gasteiger charge is -2.13. The third-order valence-corrected chi connectivity index (χ3v) is 7.01. The molecular formula is C21H14N2O5S2. The first-order valence-corrected chi connectivity index (χ1v) is 10.9. The highest BCUT2D eigenvalue weighted by Crippen LogP contribution is 2.34. The van der Waals surface area contributed by atoms with Crippen LogP contribution < -0.4 is 4.74 Å². The maximum atomic E-state index is 13.2. The van der Waals surface area contributed by atoms with Crippen LogP contribution in [0.2, 0.25) is 0 Å². The Labute approximate surface area is 176 Å². The standard InChI is InChI=1S/C21H14N2O5S2/c1-28-18-6-3-14(21(24)25)9-20(18)30(26,27)12-15-8-13(10-22)2-5-17(15)19-7-4-16(11-23)29-19/h2-9H,12H2,1H3,(H,24,25). The number of thiophene rings is 1. The first-order chi connectivity index (χ1) is 14.3. The molecule has 2 aromatic carbocycles. The molecule has 0 bridgehead atoms. The minimum atomic E-state index is -4.02. The van der Waals surface area contributed by atoms with Crippen molar-refractivity contribution in [1.82, 2.24) is 0 Å². The Morgan fingerprint density at radius 3 is 2.47 bits per heavy atom. The first-order valence-electron chi connectivity index (χ1n) is 8.46. The Hall–Kier alpha value is -3.66. The van der Waals surface area contributed by atoms with E-state index in [9.17, 15) is 23.6 Å². The van der Waals surface area contributed by atoms with Crippen LogP contribution in [0, 0.1) is 22.7 Å². The molecule has 0 atom stereocenters. The van der Waals surface area contributed by atoms with Crippen LogP contribution >= 0.6 is 11.3 Å². The highest BCUT2D eigenvalue weighted by Gasteiger charge is 2.24. The summed E-state index contributed by atoms with van der Waals surface area (Å²) in [6.07, 6.45) is 0. The molecular weight excluding hydrogens is 424 g/mol. The number of methoxy groups -OCH3 is 1. The number of ether oxygens (including phenoxy) is 1. The van der Waals surface area contributed by atoms with E-state index in [1.54, 1.807) is 24.3 Å². The van der Waals surface area contributed by atoms with Crippen molar-refractivity contribution in [1.29, 1.82) is 10.5 Å². The second-order valence-electron chi connectivity index (χ2n) is 6.19. The number of rotatable bonds is 6. The van der Waals surface area contributed by atoms with E-state index in [2.05, 4.69) is 0 Å². The van der Waals surface area contributed by atoms with Crippen molar-refractivity contribution in [3.8, 4) is 28.3 Å². The number of sulfone groups is 1. The first kappa shape index (κ1) is 21.1. The zero-order chi connectivity index (χ0) is 21.9. The lowest BCUT2D eigenvalue weighted by Crippen LogP contribution is -2.10. The van der Waals surface area contributed by atoms with Gasteiger partial charge >= 0.3 is 5.97 Å². The zero-order valence-electron chi connectivity index (χ0n) is 15.6. The summed E-state index contributed by atoms with van der Waals surface area (Å²) in [6, 6.07) is 15.7. The summed E-state index contributed by atoms with van der Waals surface area (Å²) in [5.74, 6) is -1.71. The van der Waals surface area contributed by atoms with Crippen molar-refractivity contribution in [3.05, 3.63) is 70.1 Å². The average molecular weight is 438 g/mol. The quantitative estimate of drug-likeness (QED) is 0.619. The predicted molar refractivity (Wildman–Crippen MR) is 110 cm³/mol. The Morgan fingerprint density at radius 1 is 1.10 bits per heavy atom. The number of nitrogens with zero attached hydrogens (tertiary/aromatic N) is 2. The molecule has 1 heterocycles. The van der Waals surface area contributed by atoms with Gasteiger partial charge in [0.05, 0.1) is 30.1 Å². The van der Waals surface area contributed by atoms with E-state index in [-0.39, 0.29) is 21.8 Å². The molecule has 3 rings (SSSR count). The van der Waals surface area contributed by atoms with Gasteiger partial charge in [0.2, 0.25) is 0 Å². The van der Waals surface area contributed by atoms with Crippen LogP contribution in [-0.4, -0.2) is 26.6 Å². The highest BCUT2D eigenvalue weighted by atomic mass is 32.2. The molecule has 150 valence electrons. The molecule has 0 radical (unpaired) electrons. The van der Waals surface area contributed by atoms with Gasteiger partial charge in [-0.25, -0.2) is 13.2 Å². The van der Waals surface area contributed by atoms with Gasteiger partial charge in [-0.05, 0) is 53.6 Å². The molecule has 30 heavy (non-hydrogen) atoms. The minimum absolute atomic E-state index is 0.0286. The summed E-state index contributed by atoms with van der Waals surface area (Å²) < 4.78 is 31.5. The van der Waals surface area contributed by atoms with Crippen molar-refractivity contribution >= 4 is 27.1 Å². The Balaban J connectivity index is 2.13. The van der Waals surface area contributed by atoms with Gasteiger partial charge in [-0.2, -0.15) is 10.5 Å². The van der Waals surface area contributed by atoms with Gasteiger partial charge < -0.3 is 9.84 Å². The van der Waals surface area contributed by atoms with Crippen LogP contribution in [0.25, 0.3) is 10.4 Å². The van der Waals surface area contributed by atoms with Gasteiger partial charge in [-0.3, -0.25) is 0 Å². The number of nitriles is 2. The molecule has 7 nitrogen and oxygen atoms in total. The second kappa shape index (κ2) is 8.37. The number of benzene rings is 2. The number of carbonyl (C=O) groups is 1. The largest absolute Gasteiger partial charge is 0.495 e. The molecule has 0 spiro atoms. The van der Waals surface area contributed by atoms with Crippen LogP contribution in [0.1, 0.15) is 26.4 Å². The molecule has 9 heteroatoms. The Bertz CT molecular complexity index is 1330. The van der Waals surface area contributed by atoms with E-state index < -0.39 is 21.6 Å². The molecule has 0 unspecified atom stereocenters.